The van der Waals surface area contributed by atoms with Crippen molar-refractivity contribution in [3.63, 3.8) is 0 Å². The second kappa shape index (κ2) is 7.53. The number of hydrogen-bond donors (Lipinski definition) is 1. The molecule has 144 valence electrons. The smallest absolute Gasteiger partial charge is 0.161 e. The van der Waals surface area contributed by atoms with E-state index in [1.165, 1.54) is 22.3 Å². The van der Waals surface area contributed by atoms with Gasteiger partial charge in [0.25, 0.3) is 0 Å². The van der Waals surface area contributed by atoms with E-state index in [9.17, 15) is 0 Å². The van der Waals surface area contributed by atoms with Gasteiger partial charge >= 0.3 is 0 Å². The third-order valence-electron chi connectivity index (χ3n) is 6.34. The molecular weight excluding hydrogens is 336 g/mol. The van der Waals surface area contributed by atoms with Crippen LogP contribution in [0.5, 0.6) is 11.5 Å². The SMILES string of the molecule is CCc1cccc([C@H]2CN3CCc4cc(OC)c(OC)cc4C3C[C@H]2N)c1. The first-order valence-electron chi connectivity index (χ1n) is 9.97. The van der Waals surface area contributed by atoms with Crippen LogP contribution in [-0.2, 0) is 12.8 Å². The first-order valence-corrected chi connectivity index (χ1v) is 9.97. The molecular formula is C23H30N2O2. The van der Waals surface area contributed by atoms with Gasteiger partial charge in [0.2, 0.25) is 0 Å². The molecule has 2 aliphatic rings. The van der Waals surface area contributed by atoms with E-state index in [-0.39, 0.29) is 6.04 Å². The molecule has 4 nitrogen and oxygen atoms in total. The Balaban J connectivity index is 1.63. The molecule has 0 amide bonds. The number of benzene rings is 2. The molecule has 1 unspecified atom stereocenters. The van der Waals surface area contributed by atoms with Gasteiger partial charge in [-0.1, -0.05) is 31.2 Å². The van der Waals surface area contributed by atoms with Crippen molar-refractivity contribution in [3.8, 4) is 11.5 Å². The van der Waals surface area contributed by atoms with Gasteiger partial charge in [0.1, 0.15) is 0 Å². The maximum Gasteiger partial charge on any atom is 0.161 e. The van der Waals surface area contributed by atoms with Gasteiger partial charge in [0, 0.05) is 31.1 Å². The fourth-order valence-corrected chi connectivity index (χ4v) is 4.78. The van der Waals surface area contributed by atoms with Crippen molar-refractivity contribution in [2.75, 3.05) is 27.3 Å². The van der Waals surface area contributed by atoms with Crippen molar-refractivity contribution in [1.82, 2.24) is 4.90 Å². The summed E-state index contributed by atoms with van der Waals surface area (Å²) in [6.45, 7) is 4.30. The van der Waals surface area contributed by atoms with Crippen molar-refractivity contribution in [1.29, 1.82) is 0 Å². The van der Waals surface area contributed by atoms with Gasteiger partial charge in [0.15, 0.2) is 11.5 Å². The summed E-state index contributed by atoms with van der Waals surface area (Å²) in [7, 11) is 3.40. The number of nitrogens with zero attached hydrogens (tertiary/aromatic N) is 1. The molecule has 0 radical (unpaired) electrons. The number of hydrogen-bond acceptors (Lipinski definition) is 4. The summed E-state index contributed by atoms with van der Waals surface area (Å²) in [5.74, 6) is 2.03. The fourth-order valence-electron chi connectivity index (χ4n) is 4.78. The van der Waals surface area contributed by atoms with E-state index >= 15 is 0 Å². The van der Waals surface area contributed by atoms with E-state index in [0.29, 0.717) is 12.0 Å². The van der Waals surface area contributed by atoms with Crippen LogP contribution >= 0.6 is 0 Å². The quantitative estimate of drug-likeness (QED) is 0.897. The zero-order valence-electron chi connectivity index (χ0n) is 16.6. The molecule has 2 heterocycles. The first-order chi connectivity index (χ1) is 13.1. The van der Waals surface area contributed by atoms with Gasteiger partial charge in [-0.3, -0.25) is 4.90 Å². The Labute approximate surface area is 162 Å². The van der Waals surface area contributed by atoms with E-state index in [1.807, 2.05) is 0 Å². The summed E-state index contributed by atoms with van der Waals surface area (Å²) < 4.78 is 11.0. The lowest BCUT2D eigenvalue weighted by atomic mass is 9.78. The summed E-state index contributed by atoms with van der Waals surface area (Å²) in [5, 5.41) is 0. The van der Waals surface area contributed by atoms with Crippen LogP contribution in [-0.4, -0.2) is 38.3 Å². The topological polar surface area (TPSA) is 47.7 Å². The number of ether oxygens (including phenoxy) is 2. The van der Waals surface area contributed by atoms with Crippen molar-refractivity contribution >= 4 is 0 Å². The molecule has 0 aliphatic carbocycles. The Kier molecular flexibility index (Phi) is 5.11. The van der Waals surface area contributed by atoms with Gasteiger partial charge in [-0.15, -0.1) is 0 Å². The molecule has 0 spiro atoms. The van der Waals surface area contributed by atoms with Crippen LogP contribution in [0.25, 0.3) is 0 Å². The van der Waals surface area contributed by atoms with E-state index in [1.54, 1.807) is 14.2 Å². The lowest BCUT2D eigenvalue weighted by Gasteiger charge is -2.46. The number of rotatable bonds is 4. The Bertz CT molecular complexity index is 820. The molecule has 3 atom stereocenters. The van der Waals surface area contributed by atoms with Crippen LogP contribution in [0.3, 0.4) is 0 Å². The van der Waals surface area contributed by atoms with E-state index in [2.05, 4.69) is 48.2 Å². The molecule has 1 saturated heterocycles. The average Bonchev–Trinajstić information content (AvgIpc) is 2.72. The molecule has 1 fully saturated rings. The number of fused-ring (bicyclic) bond motifs is 3. The first kappa shape index (κ1) is 18.3. The Morgan fingerprint density at radius 3 is 2.63 bits per heavy atom. The lowest BCUT2D eigenvalue weighted by molar-refractivity contribution is 0.109. The van der Waals surface area contributed by atoms with Crippen LogP contribution in [0.1, 0.15) is 47.6 Å². The minimum Gasteiger partial charge on any atom is -0.493 e. The molecule has 2 aromatic carbocycles. The highest BCUT2D eigenvalue weighted by Crippen LogP contribution is 2.44. The van der Waals surface area contributed by atoms with Gasteiger partial charge in [-0.2, -0.15) is 0 Å². The Morgan fingerprint density at radius 2 is 1.89 bits per heavy atom. The number of piperidine rings is 1. The highest BCUT2D eigenvalue weighted by Gasteiger charge is 2.38. The fraction of sp³-hybridized carbons (Fsp3) is 0.478. The van der Waals surface area contributed by atoms with Crippen molar-refractivity contribution in [2.24, 2.45) is 5.73 Å². The summed E-state index contributed by atoms with van der Waals surface area (Å²) in [5.41, 5.74) is 12.2. The molecule has 4 rings (SSSR count). The van der Waals surface area contributed by atoms with Crippen LogP contribution in [0, 0.1) is 0 Å². The van der Waals surface area contributed by atoms with E-state index < -0.39 is 0 Å². The monoisotopic (exact) mass is 366 g/mol. The summed E-state index contributed by atoms with van der Waals surface area (Å²) in [4.78, 5) is 2.61. The third kappa shape index (κ3) is 3.32. The zero-order chi connectivity index (χ0) is 19.0. The second-order valence-electron chi connectivity index (χ2n) is 7.77. The predicted molar refractivity (Wildman–Crippen MR) is 109 cm³/mol. The van der Waals surface area contributed by atoms with Crippen LogP contribution in [0.15, 0.2) is 36.4 Å². The minimum atomic E-state index is 0.164. The van der Waals surface area contributed by atoms with Gasteiger partial charge in [-0.05, 0) is 53.6 Å². The highest BCUT2D eigenvalue weighted by molar-refractivity contribution is 5.50. The van der Waals surface area contributed by atoms with Crippen molar-refractivity contribution in [3.05, 3.63) is 58.7 Å². The molecule has 0 aromatic heterocycles. The highest BCUT2D eigenvalue weighted by atomic mass is 16.5. The van der Waals surface area contributed by atoms with Gasteiger partial charge in [0.05, 0.1) is 14.2 Å². The number of aryl methyl sites for hydroxylation is 1. The average molecular weight is 367 g/mol. The second-order valence-corrected chi connectivity index (χ2v) is 7.77. The minimum absolute atomic E-state index is 0.164. The molecule has 2 aromatic rings. The Hall–Kier alpha value is -2.04. The normalized spacial score (nSPS) is 24.8. The van der Waals surface area contributed by atoms with Crippen molar-refractivity contribution in [2.45, 2.75) is 44.2 Å². The summed E-state index contributed by atoms with van der Waals surface area (Å²) in [6, 6.07) is 13.8. The largest absolute Gasteiger partial charge is 0.493 e. The van der Waals surface area contributed by atoms with E-state index in [0.717, 1.165) is 43.9 Å². The van der Waals surface area contributed by atoms with Crippen LogP contribution < -0.4 is 15.2 Å². The molecule has 2 N–H and O–H groups in total. The van der Waals surface area contributed by atoms with Crippen LogP contribution in [0.4, 0.5) is 0 Å². The maximum absolute atomic E-state index is 6.71. The predicted octanol–water partition coefficient (Wildman–Crippen LogP) is 3.68. The van der Waals surface area contributed by atoms with Gasteiger partial charge < -0.3 is 15.2 Å². The zero-order valence-corrected chi connectivity index (χ0v) is 16.6. The van der Waals surface area contributed by atoms with Crippen molar-refractivity contribution < 1.29 is 9.47 Å². The molecule has 0 saturated carbocycles. The molecule has 0 bridgehead atoms. The Morgan fingerprint density at radius 1 is 1.11 bits per heavy atom. The number of nitrogens with two attached hydrogens (primary N) is 1. The number of methoxy groups -OCH3 is 2. The molecule has 27 heavy (non-hydrogen) atoms. The summed E-state index contributed by atoms with van der Waals surface area (Å²) in [6.07, 6.45) is 3.09. The standard InChI is InChI=1S/C23H30N2O2/c1-4-15-6-5-7-16(10-15)19-14-25-9-8-17-11-22(26-2)23(27-3)12-18(17)21(25)13-20(19)24/h5-7,10-12,19-21H,4,8-9,13-14,24H2,1-3H3/t19-,20-,21?/m1/s1. The van der Waals surface area contributed by atoms with Gasteiger partial charge in [-0.25, -0.2) is 0 Å². The molecule has 4 heteroatoms. The summed E-state index contributed by atoms with van der Waals surface area (Å²) >= 11 is 0. The van der Waals surface area contributed by atoms with Crippen LogP contribution in [0.2, 0.25) is 0 Å². The van der Waals surface area contributed by atoms with E-state index in [4.69, 9.17) is 15.2 Å². The molecule has 2 aliphatic heterocycles. The third-order valence-corrected chi connectivity index (χ3v) is 6.34. The maximum atomic E-state index is 6.71. The lowest BCUT2D eigenvalue weighted by Crippen LogP contribution is -2.49.